The maximum absolute atomic E-state index is 13.2. The van der Waals surface area contributed by atoms with E-state index in [1.165, 1.54) is 34.8 Å². The lowest BCUT2D eigenvalue weighted by Crippen LogP contribution is -2.30. The predicted molar refractivity (Wildman–Crippen MR) is 110 cm³/mol. The predicted octanol–water partition coefficient (Wildman–Crippen LogP) is 3.79. The highest BCUT2D eigenvalue weighted by molar-refractivity contribution is 7.92. The van der Waals surface area contributed by atoms with Gasteiger partial charge in [0.2, 0.25) is 0 Å². The number of nitrogens with zero attached hydrogens (tertiary/aromatic N) is 3. The fourth-order valence-electron chi connectivity index (χ4n) is 3.00. The fourth-order valence-corrected chi connectivity index (χ4v) is 4.52. The highest BCUT2D eigenvalue weighted by Crippen LogP contribution is 2.25. The van der Waals surface area contributed by atoms with Gasteiger partial charge < -0.3 is 0 Å². The Kier molecular flexibility index (Phi) is 6.05. The van der Waals surface area contributed by atoms with E-state index in [1.807, 2.05) is 12.1 Å². The summed E-state index contributed by atoms with van der Waals surface area (Å²) < 4.78 is 27.6. The van der Waals surface area contributed by atoms with Crippen LogP contribution in [-0.4, -0.2) is 25.7 Å². The Morgan fingerprint density at radius 3 is 2.41 bits per heavy atom. The number of hydrogen-bond acceptors (Lipinski definition) is 5. The van der Waals surface area contributed by atoms with Crippen LogP contribution in [0.1, 0.15) is 28.9 Å². The van der Waals surface area contributed by atoms with E-state index in [2.05, 4.69) is 4.98 Å². The normalized spacial score (nSPS) is 12.0. The first-order valence-corrected chi connectivity index (χ1v) is 10.5. The molecular formula is C22H19N3O3S. The molecule has 0 fully saturated rings. The molecule has 0 aliphatic carbocycles. The molecular weight excluding hydrogens is 386 g/mol. The number of carbonyl (C=O) groups excluding carboxylic acids is 1. The molecule has 0 radical (unpaired) electrons. The van der Waals surface area contributed by atoms with Crippen molar-refractivity contribution in [1.29, 1.82) is 5.26 Å². The molecule has 1 unspecified atom stereocenters. The number of hydrogen-bond donors (Lipinski definition) is 0. The van der Waals surface area contributed by atoms with Crippen LogP contribution in [0.25, 0.3) is 0 Å². The second-order valence-electron chi connectivity index (χ2n) is 6.21. The van der Waals surface area contributed by atoms with E-state index >= 15 is 0 Å². The van der Waals surface area contributed by atoms with Gasteiger partial charge in [0.25, 0.3) is 10.0 Å². The van der Waals surface area contributed by atoms with Crippen molar-refractivity contribution in [1.82, 2.24) is 4.98 Å². The molecule has 7 heteroatoms. The molecule has 6 nitrogen and oxygen atoms in total. The highest BCUT2D eigenvalue weighted by Gasteiger charge is 2.27. The third-order valence-electron chi connectivity index (χ3n) is 4.41. The minimum absolute atomic E-state index is 0.00763. The maximum Gasteiger partial charge on any atom is 0.264 e. The summed E-state index contributed by atoms with van der Waals surface area (Å²) in [5.74, 6) is -1.60. The van der Waals surface area contributed by atoms with Gasteiger partial charge in [0.05, 0.1) is 22.3 Å². The van der Waals surface area contributed by atoms with Crippen molar-refractivity contribution < 1.29 is 13.2 Å². The van der Waals surface area contributed by atoms with E-state index in [9.17, 15) is 18.5 Å². The van der Waals surface area contributed by atoms with Gasteiger partial charge >= 0.3 is 0 Å². The van der Waals surface area contributed by atoms with Crippen molar-refractivity contribution >= 4 is 21.5 Å². The smallest absolute Gasteiger partial charge is 0.264 e. The maximum atomic E-state index is 13.2. The average Bonchev–Trinajstić information content (AvgIpc) is 2.76. The van der Waals surface area contributed by atoms with Gasteiger partial charge in [0.1, 0.15) is 0 Å². The van der Waals surface area contributed by atoms with E-state index in [1.54, 1.807) is 49.4 Å². The van der Waals surface area contributed by atoms with Crippen molar-refractivity contribution in [3.8, 4) is 6.07 Å². The number of Topliss-reactive ketones (excluding diaryl/α,β-unsaturated/α-hetero) is 1. The first-order chi connectivity index (χ1) is 14.0. The Hall–Kier alpha value is -3.50. The lowest BCUT2D eigenvalue weighted by molar-refractivity contribution is 0.0977. The summed E-state index contributed by atoms with van der Waals surface area (Å²) in [5.41, 5.74) is 1.01. The molecule has 1 atom stereocenters. The highest BCUT2D eigenvalue weighted by atomic mass is 32.2. The summed E-state index contributed by atoms with van der Waals surface area (Å²) in [6.45, 7) is 1.98. The molecule has 3 aromatic rings. The van der Waals surface area contributed by atoms with Crippen LogP contribution in [0, 0.1) is 11.3 Å². The third kappa shape index (κ3) is 4.18. The lowest BCUT2D eigenvalue weighted by Gasteiger charge is -2.23. The molecule has 1 heterocycles. The molecule has 29 heavy (non-hydrogen) atoms. The Balaban J connectivity index is 1.98. The Bertz CT molecular complexity index is 1140. The van der Waals surface area contributed by atoms with Gasteiger partial charge in [-0.15, -0.1) is 0 Å². The van der Waals surface area contributed by atoms with Crippen LogP contribution in [0.15, 0.2) is 83.9 Å². The van der Waals surface area contributed by atoms with Crippen LogP contribution >= 0.6 is 0 Å². The molecule has 146 valence electrons. The molecule has 0 spiro atoms. The number of anilines is 1. The number of para-hydroxylation sites is 1. The Morgan fingerprint density at radius 1 is 1.07 bits per heavy atom. The molecule has 2 aromatic carbocycles. The van der Waals surface area contributed by atoms with Crippen molar-refractivity contribution in [2.24, 2.45) is 0 Å². The van der Waals surface area contributed by atoms with Crippen molar-refractivity contribution in [3.05, 3.63) is 90.3 Å². The number of sulfonamides is 1. The van der Waals surface area contributed by atoms with E-state index in [0.29, 0.717) is 11.4 Å². The molecule has 0 aliphatic rings. The zero-order valence-corrected chi connectivity index (χ0v) is 16.6. The number of rotatable bonds is 7. The monoisotopic (exact) mass is 405 g/mol. The van der Waals surface area contributed by atoms with Gasteiger partial charge in [0, 0.05) is 18.3 Å². The largest absolute Gasteiger partial charge is 0.292 e. The molecule has 0 saturated carbocycles. The average molecular weight is 405 g/mol. The summed E-state index contributed by atoms with van der Waals surface area (Å²) in [7, 11) is -3.87. The molecule has 0 bridgehead atoms. The lowest BCUT2D eigenvalue weighted by atomic mass is 9.95. The van der Waals surface area contributed by atoms with E-state index < -0.39 is 21.7 Å². The van der Waals surface area contributed by atoms with Crippen LogP contribution in [0.2, 0.25) is 0 Å². The van der Waals surface area contributed by atoms with Gasteiger partial charge in [-0.05, 0) is 43.3 Å². The van der Waals surface area contributed by atoms with Crippen LogP contribution in [0.4, 0.5) is 5.69 Å². The van der Waals surface area contributed by atoms with Crippen LogP contribution in [0.3, 0.4) is 0 Å². The van der Waals surface area contributed by atoms with E-state index in [0.717, 1.165) is 0 Å². The minimum atomic E-state index is -3.87. The van der Waals surface area contributed by atoms with Crippen molar-refractivity contribution in [2.45, 2.75) is 17.7 Å². The van der Waals surface area contributed by atoms with Crippen LogP contribution in [0.5, 0.6) is 0 Å². The number of carbonyl (C=O) groups is 1. The quantitative estimate of drug-likeness (QED) is 0.558. The zero-order valence-electron chi connectivity index (χ0n) is 15.8. The molecule has 3 rings (SSSR count). The number of ketones is 1. The minimum Gasteiger partial charge on any atom is -0.292 e. The summed E-state index contributed by atoms with van der Waals surface area (Å²) in [6, 6.07) is 21.5. The van der Waals surface area contributed by atoms with Gasteiger partial charge in [-0.1, -0.05) is 36.4 Å². The summed E-state index contributed by atoms with van der Waals surface area (Å²) in [6.07, 6.45) is 1.51. The summed E-state index contributed by atoms with van der Waals surface area (Å²) >= 11 is 0. The molecule has 0 aliphatic heterocycles. The number of nitriles is 1. The SMILES string of the molecule is CCN(c1ccccc1)S(=O)(=O)c1cccc(C(=O)C(C#N)c2ccccn2)c1. The van der Waals surface area contributed by atoms with E-state index in [4.69, 9.17) is 0 Å². The third-order valence-corrected chi connectivity index (χ3v) is 6.31. The zero-order chi connectivity index (χ0) is 20.9. The number of benzene rings is 2. The van der Waals surface area contributed by atoms with E-state index in [-0.39, 0.29) is 17.0 Å². The Morgan fingerprint density at radius 2 is 1.79 bits per heavy atom. The van der Waals surface area contributed by atoms with Gasteiger partial charge in [-0.3, -0.25) is 14.1 Å². The first kappa shape index (κ1) is 20.2. The van der Waals surface area contributed by atoms with Gasteiger partial charge in [-0.2, -0.15) is 5.26 Å². The molecule has 0 saturated heterocycles. The molecule has 1 aromatic heterocycles. The fraction of sp³-hybridized carbons (Fsp3) is 0.136. The van der Waals surface area contributed by atoms with Gasteiger partial charge in [-0.25, -0.2) is 8.42 Å². The number of aromatic nitrogens is 1. The summed E-state index contributed by atoms with van der Waals surface area (Å²) in [5, 5.41) is 9.48. The van der Waals surface area contributed by atoms with Crippen molar-refractivity contribution in [2.75, 3.05) is 10.8 Å². The first-order valence-electron chi connectivity index (χ1n) is 9.01. The second kappa shape index (κ2) is 8.67. The topological polar surface area (TPSA) is 91.1 Å². The number of pyridine rings is 1. The van der Waals surface area contributed by atoms with Crippen LogP contribution < -0.4 is 4.31 Å². The van der Waals surface area contributed by atoms with Gasteiger partial charge in [0.15, 0.2) is 11.7 Å². The summed E-state index contributed by atoms with van der Waals surface area (Å²) in [4.78, 5) is 17.0. The Labute approximate surface area is 170 Å². The molecule has 0 amide bonds. The van der Waals surface area contributed by atoms with Crippen LogP contribution in [-0.2, 0) is 10.0 Å². The second-order valence-corrected chi connectivity index (χ2v) is 8.08. The van der Waals surface area contributed by atoms with Crippen molar-refractivity contribution in [3.63, 3.8) is 0 Å². The standard InChI is InChI=1S/C22H19N3O3S/c1-2-25(18-10-4-3-5-11-18)29(27,28)19-12-8-9-17(15-19)22(26)20(16-23)21-13-6-7-14-24-21/h3-15,20H,2H2,1H3. The molecule has 0 N–H and O–H groups in total.